The highest BCUT2D eigenvalue weighted by atomic mass is 16.6. The standard InChI is InChI=1S/C24H19NO5/c1-15-10-16(2)12-19(11-15)29-14-22(26)30-18-7-5-6-17(13-18)25-23(27)20-8-3-4-9-21(20)24(25)28/h3-13H,14H2,1-2H3. The lowest BCUT2D eigenvalue weighted by atomic mass is 10.1. The summed E-state index contributed by atoms with van der Waals surface area (Å²) in [5, 5.41) is 0. The number of imide groups is 1. The van der Waals surface area contributed by atoms with Crippen LogP contribution in [0.1, 0.15) is 31.8 Å². The summed E-state index contributed by atoms with van der Waals surface area (Å²) in [6, 6.07) is 18.6. The number of benzene rings is 3. The molecule has 0 fully saturated rings. The average Bonchev–Trinajstić information content (AvgIpc) is 2.97. The second-order valence-electron chi connectivity index (χ2n) is 7.07. The molecule has 1 heterocycles. The van der Waals surface area contributed by atoms with Crippen molar-refractivity contribution in [2.24, 2.45) is 0 Å². The number of esters is 1. The summed E-state index contributed by atoms with van der Waals surface area (Å²) in [7, 11) is 0. The topological polar surface area (TPSA) is 72.9 Å². The van der Waals surface area contributed by atoms with Crippen molar-refractivity contribution in [2.75, 3.05) is 11.5 Å². The van der Waals surface area contributed by atoms with Crippen molar-refractivity contribution in [1.82, 2.24) is 0 Å². The molecule has 4 rings (SSSR count). The van der Waals surface area contributed by atoms with Gasteiger partial charge in [-0.05, 0) is 61.4 Å². The van der Waals surface area contributed by atoms with Crippen LogP contribution in [-0.2, 0) is 4.79 Å². The van der Waals surface area contributed by atoms with Crippen molar-refractivity contribution >= 4 is 23.5 Å². The van der Waals surface area contributed by atoms with Crippen molar-refractivity contribution in [3.63, 3.8) is 0 Å². The predicted octanol–water partition coefficient (Wildman–Crippen LogP) is 4.09. The number of ether oxygens (including phenoxy) is 2. The molecule has 0 bridgehead atoms. The van der Waals surface area contributed by atoms with E-state index in [1.54, 1.807) is 42.5 Å². The van der Waals surface area contributed by atoms with E-state index >= 15 is 0 Å². The third-order valence-corrected chi connectivity index (χ3v) is 4.65. The van der Waals surface area contributed by atoms with Gasteiger partial charge in [0, 0.05) is 6.07 Å². The quantitative estimate of drug-likeness (QED) is 0.366. The highest BCUT2D eigenvalue weighted by Gasteiger charge is 2.36. The molecule has 0 unspecified atom stereocenters. The SMILES string of the molecule is Cc1cc(C)cc(OCC(=O)Oc2cccc(N3C(=O)c4ccccc4C3=O)c2)c1. The van der Waals surface area contributed by atoms with Gasteiger partial charge in [0.05, 0.1) is 16.8 Å². The summed E-state index contributed by atoms with van der Waals surface area (Å²) in [5.41, 5.74) is 3.11. The summed E-state index contributed by atoms with van der Waals surface area (Å²) in [6.07, 6.45) is 0. The first kappa shape index (κ1) is 19.4. The maximum atomic E-state index is 12.6. The Morgan fingerprint density at radius 3 is 2.07 bits per heavy atom. The van der Waals surface area contributed by atoms with Gasteiger partial charge in [0.25, 0.3) is 11.8 Å². The summed E-state index contributed by atoms with van der Waals surface area (Å²) in [6.45, 7) is 3.63. The highest BCUT2D eigenvalue weighted by molar-refractivity contribution is 6.34. The number of carbonyl (C=O) groups excluding carboxylic acids is 3. The van der Waals surface area contributed by atoms with E-state index in [0.717, 1.165) is 16.0 Å². The second kappa shape index (κ2) is 7.83. The van der Waals surface area contributed by atoms with Gasteiger partial charge in [0.2, 0.25) is 0 Å². The number of amides is 2. The largest absolute Gasteiger partial charge is 0.482 e. The van der Waals surface area contributed by atoms with Gasteiger partial charge in [-0.1, -0.05) is 24.3 Å². The summed E-state index contributed by atoms with van der Waals surface area (Å²) in [4.78, 5) is 38.5. The first-order valence-electron chi connectivity index (χ1n) is 9.42. The van der Waals surface area contributed by atoms with Crippen molar-refractivity contribution in [2.45, 2.75) is 13.8 Å². The zero-order chi connectivity index (χ0) is 21.3. The molecule has 1 aliphatic rings. The third-order valence-electron chi connectivity index (χ3n) is 4.65. The summed E-state index contributed by atoms with van der Waals surface area (Å²) < 4.78 is 10.8. The van der Waals surface area contributed by atoms with Gasteiger partial charge in [-0.25, -0.2) is 9.69 Å². The van der Waals surface area contributed by atoms with Crippen LogP contribution in [0, 0.1) is 13.8 Å². The Balaban J connectivity index is 1.46. The van der Waals surface area contributed by atoms with Crippen molar-refractivity contribution in [3.8, 4) is 11.5 Å². The number of hydrogen-bond acceptors (Lipinski definition) is 5. The number of nitrogens with zero attached hydrogens (tertiary/aromatic N) is 1. The van der Waals surface area contributed by atoms with Crippen LogP contribution in [0.4, 0.5) is 5.69 Å². The molecule has 0 saturated heterocycles. The zero-order valence-corrected chi connectivity index (χ0v) is 16.5. The fourth-order valence-corrected chi connectivity index (χ4v) is 3.43. The van der Waals surface area contributed by atoms with Crippen LogP contribution in [0.15, 0.2) is 66.7 Å². The van der Waals surface area contributed by atoms with Gasteiger partial charge in [0.1, 0.15) is 11.5 Å². The monoisotopic (exact) mass is 401 g/mol. The molecule has 6 nitrogen and oxygen atoms in total. The summed E-state index contributed by atoms with van der Waals surface area (Å²) >= 11 is 0. The molecule has 3 aromatic rings. The van der Waals surface area contributed by atoms with E-state index in [4.69, 9.17) is 9.47 Å². The summed E-state index contributed by atoms with van der Waals surface area (Å²) in [5.74, 6) is -0.592. The molecule has 2 amide bonds. The smallest absolute Gasteiger partial charge is 0.349 e. The molecule has 1 aliphatic heterocycles. The molecule has 0 saturated carbocycles. The third kappa shape index (κ3) is 3.80. The molecular formula is C24H19NO5. The van der Waals surface area contributed by atoms with Crippen LogP contribution in [-0.4, -0.2) is 24.4 Å². The van der Waals surface area contributed by atoms with Gasteiger partial charge in [-0.15, -0.1) is 0 Å². The van der Waals surface area contributed by atoms with Crippen LogP contribution >= 0.6 is 0 Å². The van der Waals surface area contributed by atoms with Gasteiger partial charge >= 0.3 is 5.97 Å². The highest BCUT2D eigenvalue weighted by Crippen LogP contribution is 2.30. The molecule has 0 atom stereocenters. The minimum absolute atomic E-state index is 0.220. The van der Waals surface area contributed by atoms with E-state index in [1.807, 2.05) is 32.0 Å². The average molecular weight is 401 g/mol. The number of fused-ring (bicyclic) bond motifs is 1. The van der Waals surface area contributed by atoms with Gasteiger partial charge < -0.3 is 9.47 Å². The molecule has 6 heteroatoms. The first-order chi connectivity index (χ1) is 14.4. The Bertz CT molecular complexity index is 1110. The molecule has 30 heavy (non-hydrogen) atoms. The van der Waals surface area contributed by atoms with Crippen LogP contribution < -0.4 is 14.4 Å². The Morgan fingerprint density at radius 2 is 1.43 bits per heavy atom. The van der Waals surface area contributed by atoms with E-state index in [2.05, 4.69) is 0 Å². The zero-order valence-electron chi connectivity index (χ0n) is 16.5. The Kier molecular flexibility index (Phi) is 5.06. The van der Waals surface area contributed by atoms with Crippen LogP contribution in [0.3, 0.4) is 0 Å². The maximum Gasteiger partial charge on any atom is 0.349 e. The van der Waals surface area contributed by atoms with Crippen LogP contribution in [0.5, 0.6) is 11.5 Å². The molecule has 3 aromatic carbocycles. The number of carbonyl (C=O) groups is 3. The fraction of sp³-hybridized carbons (Fsp3) is 0.125. The minimum Gasteiger partial charge on any atom is -0.482 e. The lowest BCUT2D eigenvalue weighted by Gasteiger charge is -2.15. The van der Waals surface area contributed by atoms with Crippen LogP contribution in [0.25, 0.3) is 0 Å². The Labute approximate surface area is 173 Å². The Morgan fingerprint density at radius 1 is 0.800 bits per heavy atom. The van der Waals surface area contributed by atoms with Crippen LogP contribution in [0.2, 0.25) is 0 Å². The normalized spacial score (nSPS) is 12.7. The van der Waals surface area contributed by atoms with Crippen molar-refractivity contribution < 1.29 is 23.9 Å². The maximum absolute atomic E-state index is 12.6. The Hall–Kier alpha value is -3.93. The number of aryl methyl sites for hydroxylation is 2. The number of anilines is 1. The number of rotatable bonds is 5. The van der Waals surface area contributed by atoms with Gasteiger partial charge in [0.15, 0.2) is 6.61 Å². The lowest BCUT2D eigenvalue weighted by molar-refractivity contribution is -0.136. The molecule has 0 aliphatic carbocycles. The number of hydrogen-bond donors (Lipinski definition) is 0. The van der Waals surface area contributed by atoms with E-state index in [1.165, 1.54) is 6.07 Å². The van der Waals surface area contributed by atoms with E-state index in [9.17, 15) is 14.4 Å². The molecule has 0 spiro atoms. The van der Waals surface area contributed by atoms with Crippen molar-refractivity contribution in [3.05, 3.63) is 89.0 Å². The minimum atomic E-state index is -0.589. The second-order valence-corrected chi connectivity index (χ2v) is 7.07. The molecule has 0 radical (unpaired) electrons. The fourth-order valence-electron chi connectivity index (χ4n) is 3.43. The predicted molar refractivity (Wildman–Crippen MR) is 111 cm³/mol. The van der Waals surface area contributed by atoms with E-state index < -0.39 is 17.8 Å². The first-order valence-corrected chi connectivity index (χ1v) is 9.42. The molecule has 0 aromatic heterocycles. The van der Waals surface area contributed by atoms with E-state index in [0.29, 0.717) is 22.6 Å². The van der Waals surface area contributed by atoms with Gasteiger partial charge in [-0.2, -0.15) is 0 Å². The van der Waals surface area contributed by atoms with Gasteiger partial charge in [-0.3, -0.25) is 9.59 Å². The molecule has 150 valence electrons. The van der Waals surface area contributed by atoms with Crippen molar-refractivity contribution in [1.29, 1.82) is 0 Å². The molecular weight excluding hydrogens is 382 g/mol. The van der Waals surface area contributed by atoms with E-state index in [-0.39, 0.29) is 12.4 Å². The lowest BCUT2D eigenvalue weighted by Crippen LogP contribution is -2.29. The molecule has 0 N–H and O–H groups in total.